The summed E-state index contributed by atoms with van der Waals surface area (Å²) in [6.45, 7) is 2.35. The molecule has 6 nitrogen and oxygen atoms in total. The maximum Gasteiger partial charge on any atom is 0.226 e. The molecule has 0 aromatic carbocycles. The standard InChI is InChI=1S/C16H22ClN5O/c1-10(23)18-9-11-3-5-12(6-4-11)19-14-13-7-8-22(2)15(13)21-16(17)20-14/h7-8,11-12H,3-6,9H2,1-2H3,(H,18,23)(H,19,20,21). The second kappa shape index (κ2) is 6.74. The topological polar surface area (TPSA) is 71.8 Å². The average Bonchev–Trinajstić information content (AvgIpc) is 2.88. The van der Waals surface area contributed by atoms with Crippen molar-refractivity contribution in [2.75, 3.05) is 11.9 Å². The Morgan fingerprint density at radius 3 is 2.78 bits per heavy atom. The Bertz CT molecular complexity index is 706. The number of anilines is 1. The molecule has 1 aliphatic rings. The van der Waals surface area contributed by atoms with Crippen LogP contribution in [0.5, 0.6) is 0 Å². The Morgan fingerprint density at radius 1 is 1.35 bits per heavy atom. The first-order valence-corrected chi connectivity index (χ1v) is 8.40. The molecule has 1 amide bonds. The minimum absolute atomic E-state index is 0.0485. The zero-order valence-electron chi connectivity index (χ0n) is 13.5. The van der Waals surface area contributed by atoms with E-state index < -0.39 is 0 Å². The van der Waals surface area contributed by atoms with E-state index in [4.69, 9.17) is 11.6 Å². The van der Waals surface area contributed by atoms with Gasteiger partial charge in [-0.2, -0.15) is 4.98 Å². The van der Waals surface area contributed by atoms with Gasteiger partial charge < -0.3 is 15.2 Å². The maximum atomic E-state index is 11.0. The molecule has 124 valence electrons. The number of carbonyl (C=O) groups is 1. The lowest BCUT2D eigenvalue weighted by molar-refractivity contribution is -0.119. The smallest absolute Gasteiger partial charge is 0.226 e. The van der Waals surface area contributed by atoms with Crippen molar-refractivity contribution in [2.45, 2.75) is 38.6 Å². The van der Waals surface area contributed by atoms with Gasteiger partial charge in [0, 0.05) is 32.8 Å². The molecule has 7 heteroatoms. The van der Waals surface area contributed by atoms with E-state index in [9.17, 15) is 4.79 Å². The first-order chi connectivity index (χ1) is 11.0. The van der Waals surface area contributed by atoms with E-state index in [1.54, 1.807) is 6.92 Å². The van der Waals surface area contributed by atoms with Crippen molar-refractivity contribution in [3.05, 3.63) is 17.5 Å². The summed E-state index contributed by atoms with van der Waals surface area (Å²) in [7, 11) is 1.95. The fraction of sp³-hybridized carbons (Fsp3) is 0.562. The van der Waals surface area contributed by atoms with Crippen LogP contribution in [0.1, 0.15) is 32.6 Å². The van der Waals surface area contributed by atoms with Gasteiger partial charge in [0.15, 0.2) is 0 Å². The van der Waals surface area contributed by atoms with E-state index in [0.717, 1.165) is 49.1 Å². The van der Waals surface area contributed by atoms with Crippen molar-refractivity contribution < 1.29 is 4.79 Å². The first-order valence-electron chi connectivity index (χ1n) is 8.02. The number of carbonyl (C=O) groups excluding carboxylic acids is 1. The molecule has 2 aromatic rings. The Hall–Kier alpha value is -1.82. The zero-order valence-corrected chi connectivity index (χ0v) is 14.2. The molecule has 0 atom stereocenters. The van der Waals surface area contributed by atoms with Gasteiger partial charge in [-0.15, -0.1) is 0 Å². The zero-order chi connectivity index (χ0) is 16.4. The number of halogens is 1. The highest BCUT2D eigenvalue weighted by Gasteiger charge is 2.22. The molecule has 2 N–H and O–H groups in total. The van der Waals surface area contributed by atoms with Crippen LogP contribution in [0.4, 0.5) is 5.82 Å². The minimum Gasteiger partial charge on any atom is -0.367 e. The summed E-state index contributed by atoms with van der Waals surface area (Å²) in [6, 6.07) is 2.40. The van der Waals surface area contributed by atoms with Crippen LogP contribution in [0.3, 0.4) is 0 Å². The predicted molar refractivity (Wildman–Crippen MR) is 91.6 cm³/mol. The van der Waals surface area contributed by atoms with E-state index in [-0.39, 0.29) is 11.2 Å². The Morgan fingerprint density at radius 2 is 2.09 bits per heavy atom. The molecule has 1 fully saturated rings. The van der Waals surface area contributed by atoms with Crippen LogP contribution in [-0.2, 0) is 11.8 Å². The number of amides is 1. The summed E-state index contributed by atoms with van der Waals surface area (Å²) >= 11 is 6.05. The van der Waals surface area contributed by atoms with Gasteiger partial charge in [-0.05, 0) is 49.3 Å². The van der Waals surface area contributed by atoms with E-state index >= 15 is 0 Å². The highest BCUT2D eigenvalue weighted by Crippen LogP contribution is 2.29. The summed E-state index contributed by atoms with van der Waals surface area (Å²) < 4.78 is 1.94. The van der Waals surface area contributed by atoms with Crippen molar-refractivity contribution in [1.29, 1.82) is 0 Å². The molecule has 1 aliphatic carbocycles. The number of hydrogen-bond acceptors (Lipinski definition) is 4. The van der Waals surface area contributed by atoms with Crippen LogP contribution >= 0.6 is 11.6 Å². The summed E-state index contributed by atoms with van der Waals surface area (Å²) in [5, 5.41) is 7.70. The summed E-state index contributed by atoms with van der Waals surface area (Å²) in [6.07, 6.45) is 6.31. The van der Waals surface area contributed by atoms with Crippen molar-refractivity contribution in [2.24, 2.45) is 13.0 Å². The van der Waals surface area contributed by atoms with Crippen LogP contribution in [0.15, 0.2) is 12.3 Å². The van der Waals surface area contributed by atoms with E-state index in [2.05, 4.69) is 20.6 Å². The molecule has 0 aliphatic heterocycles. The van der Waals surface area contributed by atoms with Gasteiger partial charge in [0.1, 0.15) is 11.5 Å². The SMILES string of the molecule is CC(=O)NCC1CCC(Nc2nc(Cl)nc3c2ccn3C)CC1. The monoisotopic (exact) mass is 335 g/mol. The molecule has 0 radical (unpaired) electrons. The molecular weight excluding hydrogens is 314 g/mol. The van der Waals surface area contributed by atoms with E-state index in [0.29, 0.717) is 12.0 Å². The fourth-order valence-corrected chi connectivity index (χ4v) is 3.38. The molecule has 2 heterocycles. The molecule has 23 heavy (non-hydrogen) atoms. The molecule has 0 spiro atoms. The lowest BCUT2D eigenvalue weighted by atomic mass is 9.86. The third-order valence-electron chi connectivity index (χ3n) is 4.52. The Kier molecular flexibility index (Phi) is 4.71. The largest absolute Gasteiger partial charge is 0.367 e. The second-order valence-corrected chi connectivity index (χ2v) is 6.64. The van der Waals surface area contributed by atoms with E-state index in [1.165, 1.54) is 0 Å². The van der Waals surface area contributed by atoms with Crippen molar-refractivity contribution >= 4 is 34.4 Å². The van der Waals surface area contributed by atoms with Crippen molar-refractivity contribution in [1.82, 2.24) is 19.9 Å². The second-order valence-electron chi connectivity index (χ2n) is 6.30. The van der Waals surface area contributed by atoms with Crippen molar-refractivity contribution in [3.8, 4) is 0 Å². The van der Waals surface area contributed by atoms with Gasteiger partial charge in [0.2, 0.25) is 11.2 Å². The highest BCUT2D eigenvalue weighted by molar-refractivity contribution is 6.28. The molecular formula is C16H22ClN5O. The van der Waals surface area contributed by atoms with Gasteiger partial charge in [0.05, 0.1) is 5.39 Å². The van der Waals surface area contributed by atoms with Crippen LogP contribution in [0.2, 0.25) is 5.28 Å². The number of aryl methyl sites for hydroxylation is 1. The third kappa shape index (κ3) is 3.75. The Balaban J connectivity index is 1.64. The van der Waals surface area contributed by atoms with Crippen LogP contribution in [0, 0.1) is 5.92 Å². The number of nitrogens with zero attached hydrogens (tertiary/aromatic N) is 3. The lowest BCUT2D eigenvalue weighted by Crippen LogP contribution is -2.33. The van der Waals surface area contributed by atoms with Crippen molar-refractivity contribution in [3.63, 3.8) is 0 Å². The molecule has 0 saturated heterocycles. The van der Waals surface area contributed by atoms with Crippen LogP contribution in [0.25, 0.3) is 11.0 Å². The van der Waals surface area contributed by atoms with Crippen LogP contribution in [-0.4, -0.2) is 33.0 Å². The average molecular weight is 336 g/mol. The van der Waals surface area contributed by atoms with E-state index in [1.807, 2.05) is 23.9 Å². The molecule has 3 rings (SSSR count). The number of fused-ring (bicyclic) bond motifs is 1. The van der Waals surface area contributed by atoms with Gasteiger partial charge in [-0.3, -0.25) is 4.79 Å². The molecule has 0 unspecified atom stereocenters. The number of rotatable bonds is 4. The summed E-state index contributed by atoms with van der Waals surface area (Å²) in [5.41, 5.74) is 0.840. The first kappa shape index (κ1) is 16.1. The normalized spacial score (nSPS) is 21.3. The predicted octanol–water partition coefficient (Wildman–Crippen LogP) is 2.73. The van der Waals surface area contributed by atoms with Gasteiger partial charge in [0.25, 0.3) is 0 Å². The summed E-state index contributed by atoms with van der Waals surface area (Å²) in [4.78, 5) is 19.6. The highest BCUT2D eigenvalue weighted by atomic mass is 35.5. The quantitative estimate of drug-likeness (QED) is 0.843. The van der Waals surface area contributed by atoms with Gasteiger partial charge >= 0.3 is 0 Å². The van der Waals surface area contributed by atoms with Gasteiger partial charge in [-0.25, -0.2) is 4.98 Å². The minimum atomic E-state index is 0.0485. The molecule has 0 bridgehead atoms. The Labute approximate surface area is 140 Å². The summed E-state index contributed by atoms with van der Waals surface area (Å²) in [5.74, 6) is 1.43. The third-order valence-corrected chi connectivity index (χ3v) is 4.69. The maximum absolute atomic E-state index is 11.0. The number of aromatic nitrogens is 3. The fourth-order valence-electron chi connectivity index (χ4n) is 3.21. The van der Waals surface area contributed by atoms with Gasteiger partial charge in [-0.1, -0.05) is 0 Å². The lowest BCUT2D eigenvalue weighted by Gasteiger charge is -2.29. The number of hydrogen-bond donors (Lipinski definition) is 2. The molecule has 2 aromatic heterocycles. The molecule has 1 saturated carbocycles. The van der Waals surface area contributed by atoms with Crippen LogP contribution < -0.4 is 10.6 Å². The number of nitrogens with one attached hydrogen (secondary N) is 2.